The van der Waals surface area contributed by atoms with E-state index in [1.165, 1.54) is 4.90 Å². The summed E-state index contributed by atoms with van der Waals surface area (Å²) in [5.41, 5.74) is 2.04. The van der Waals surface area contributed by atoms with Gasteiger partial charge in [-0.3, -0.25) is 14.7 Å². The fourth-order valence-electron chi connectivity index (χ4n) is 3.17. The molecule has 172 valence electrons. The largest absolute Gasteiger partial charge is 0.420 e. The number of para-hydroxylation sites is 1. The number of carbonyl (C=O) groups excluding carboxylic acids is 2. The molecule has 1 aromatic carbocycles. The standard InChI is InChI=1S/C25H29N5O3/c1-25(2,16-22(31)29-20-8-7-14-26-17-20)13-15-27-19-11-12-23(28-18-19)33-24(32)30(3)21-9-5-4-6-10-21/h4-12,14,17-18,27H,13,15-16H2,1-3H3,(H,29,31). The molecule has 2 heterocycles. The van der Waals surface area contributed by atoms with Gasteiger partial charge >= 0.3 is 6.09 Å². The summed E-state index contributed by atoms with van der Waals surface area (Å²) in [4.78, 5) is 34.2. The molecular weight excluding hydrogens is 418 g/mol. The fraction of sp³-hybridized carbons (Fsp3) is 0.280. The topological polar surface area (TPSA) is 96.5 Å². The Hall–Kier alpha value is -3.94. The molecule has 0 aliphatic carbocycles. The summed E-state index contributed by atoms with van der Waals surface area (Å²) >= 11 is 0. The van der Waals surface area contributed by atoms with Gasteiger partial charge in [-0.25, -0.2) is 9.78 Å². The van der Waals surface area contributed by atoms with E-state index in [0.717, 1.165) is 17.8 Å². The molecule has 2 amide bonds. The Morgan fingerprint density at radius 2 is 1.79 bits per heavy atom. The highest BCUT2D eigenvalue weighted by molar-refractivity contribution is 5.91. The molecule has 3 rings (SSSR count). The predicted molar refractivity (Wildman–Crippen MR) is 129 cm³/mol. The first-order valence-corrected chi connectivity index (χ1v) is 10.7. The van der Waals surface area contributed by atoms with Crippen molar-refractivity contribution in [2.75, 3.05) is 29.1 Å². The van der Waals surface area contributed by atoms with Gasteiger partial charge in [-0.2, -0.15) is 0 Å². The Morgan fingerprint density at radius 3 is 2.45 bits per heavy atom. The summed E-state index contributed by atoms with van der Waals surface area (Å²) in [5.74, 6) is 0.182. The molecule has 2 N–H and O–H groups in total. The number of carbonyl (C=O) groups is 2. The van der Waals surface area contributed by atoms with Crippen molar-refractivity contribution in [3.05, 3.63) is 73.2 Å². The highest BCUT2D eigenvalue weighted by Crippen LogP contribution is 2.26. The van der Waals surface area contributed by atoms with Gasteiger partial charge in [0.05, 0.1) is 23.8 Å². The van der Waals surface area contributed by atoms with E-state index < -0.39 is 6.09 Å². The molecule has 0 spiro atoms. The van der Waals surface area contributed by atoms with E-state index in [2.05, 4.69) is 34.4 Å². The quantitative estimate of drug-likeness (QED) is 0.481. The van der Waals surface area contributed by atoms with Crippen LogP contribution in [-0.4, -0.2) is 35.6 Å². The van der Waals surface area contributed by atoms with E-state index in [9.17, 15) is 9.59 Å². The zero-order valence-corrected chi connectivity index (χ0v) is 19.1. The van der Waals surface area contributed by atoms with Crippen LogP contribution >= 0.6 is 0 Å². The van der Waals surface area contributed by atoms with E-state index in [1.54, 1.807) is 43.8 Å². The zero-order chi connectivity index (χ0) is 23.7. The van der Waals surface area contributed by atoms with Crippen LogP contribution in [-0.2, 0) is 4.79 Å². The van der Waals surface area contributed by atoms with Crippen molar-refractivity contribution >= 4 is 29.1 Å². The minimum absolute atomic E-state index is 0.0405. The van der Waals surface area contributed by atoms with Crippen LogP contribution in [0.2, 0.25) is 0 Å². The molecule has 33 heavy (non-hydrogen) atoms. The lowest BCUT2D eigenvalue weighted by Crippen LogP contribution is -2.29. The zero-order valence-electron chi connectivity index (χ0n) is 19.1. The van der Waals surface area contributed by atoms with Gasteiger partial charge in [-0.15, -0.1) is 0 Å². The molecule has 8 nitrogen and oxygen atoms in total. The van der Waals surface area contributed by atoms with Gasteiger partial charge in [0.15, 0.2) is 0 Å². The summed E-state index contributed by atoms with van der Waals surface area (Å²) in [5, 5.41) is 6.17. The lowest BCUT2D eigenvalue weighted by molar-refractivity contribution is -0.118. The third-order valence-electron chi connectivity index (χ3n) is 5.06. The average Bonchev–Trinajstić information content (AvgIpc) is 2.80. The smallest absolute Gasteiger partial charge is 0.391 e. The average molecular weight is 448 g/mol. The number of nitrogens with one attached hydrogen (secondary N) is 2. The molecule has 0 fully saturated rings. The van der Waals surface area contributed by atoms with E-state index in [4.69, 9.17) is 4.74 Å². The normalized spacial score (nSPS) is 10.9. The van der Waals surface area contributed by atoms with E-state index in [0.29, 0.717) is 18.7 Å². The number of aromatic nitrogens is 2. The molecule has 0 atom stereocenters. The molecule has 8 heteroatoms. The van der Waals surface area contributed by atoms with E-state index in [1.807, 2.05) is 36.4 Å². The SMILES string of the molecule is CN(C(=O)Oc1ccc(NCCC(C)(C)CC(=O)Nc2cccnc2)cn1)c1ccccc1. The lowest BCUT2D eigenvalue weighted by atomic mass is 9.85. The second-order valence-electron chi connectivity index (χ2n) is 8.46. The minimum atomic E-state index is -0.513. The van der Waals surface area contributed by atoms with Crippen molar-refractivity contribution < 1.29 is 14.3 Å². The predicted octanol–water partition coefficient (Wildman–Crippen LogP) is 4.97. The van der Waals surface area contributed by atoms with Gasteiger partial charge in [0, 0.05) is 38.0 Å². The van der Waals surface area contributed by atoms with Gasteiger partial charge in [0.2, 0.25) is 11.8 Å². The molecule has 0 unspecified atom stereocenters. The first-order valence-electron chi connectivity index (χ1n) is 10.7. The molecular formula is C25H29N5O3. The van der Waals surface area contributed by atoms with Gasteiger partial charge in [0.1, 0.15) is 0 Å². The van der Waals surface area contributed by atoms with Gasteiger partial charge in [-0.1, -0.05) is 32.0 Å². The van der Waals surface area contributed by atoms with Crippen LogP contribution in [0.5, 0.6) is 5.88 Å². The number of nitrogens with zero attached hydrogens (tertiary/aromatic N) is 3. The van der Waals surface area contributed by atoms with Crippen molar-refractivity contribution in [2.24, 2.45) is 5.41 Å². The number of rotatable bonds is 9. The van der Waals surface area contributed by atoms with Crippen LogP contribution in [0.1, 0.15) is 26.7 Å². The van der Waals surface area contributed by atoms with Gasteiger partial charge in [-0.05, 0) is 42.2 Å². The maximum absolute atomic E-state index is 12.3. The van der Waals surface area contributed by atoms with Crippen LogP contribution in [0, 0.1) is 5.41 Å². The molecule has 0 saturated carbocycles. The van der Waals surface area contributed by atoms with E-state index >= 15 is 0 Å². The van der Waals surface area contributed by atoms with E-state index in [-0.39, 0.29) is 17.2 Å². The Balaban J connectivity index is 1.43. The van der Waals surface area contributed by atoms with Crippen molar-refractivity contribution in [1.82, 2.24) is 9.97 Å². The fourth-order valence-corrected chi connectivity index (χ4v) is 3.17. The van der Waals surface area contributed by atoms with Crippen LogP contribution in [0.25, 0.3) is 0 Å². The number of hydrogen-bond acceptors (Lipinski definition) is 6. The number of amides is 2. The molecule has 3 aromatic rings. The first-order chi connectivity index (χ1) is 15.8. The number of benzene rings is 1. The number of anilines is 3. The second kappa shape index (κ2) is 11.1. The summed E-state index contributed by atoms with van der Waals surface area (Å²) < 4.78 is 5.34. The highest BCUT2D eigenvalue weighted by Gasteiger charge is 2.22. The first kappa shape index (κ1) is 23.7. The highest BCUT2D eigenvalue weighted by atomic mass is 16.6. The van der Waals surface area contributed by atoms with Gasteiger partial charge < -0.3 is 15.4 Å². The summed E-state index contributed by atoms with van der Waals surface area (Å²) in [6, 6.07) is 16.3. The maximum Gasteiger partial charge on any atom is 0.420 e. The molecule has 0 radical (unpaired) electrons. The molecule has 0 aliphatic rings. The van der Waals surface area contributed by atoms with Crippen molar-refractivity contribution in [3.8, 4) is 5.88 Å². The minimum Gasteiger partial charge on any atom is -0.391 e. The summed E-state index contributed by atoms with van der Waals surface area (Å²) in [6.45, 7) is 4.79. The third kappa shape index (κ3) is 7.60. The molecule has 0 aliphatic heterocycles. The summed E-state index contributed by atoms with van der Waals surface area (Å²) in [6.07, 6.45) is 5.57. The third-order valence-corrected chi connectivity index (χ3v) is 5.06. The van der Waals surface area contributed by atoms with Crippen LogP contribution in [0.15, 0.2) is 73.2 Å². The maximum atomic E-state index is 12.3. The van der Waals surface area contributed by atoms with Crippen molar-refractivity contribution in [3.63, 3.8) is 0 Å². The lowest BCUT2D eigenvalue weighted by Gasteiger charge is -2.24. The van der Waals surface area contributed by atoms with Gasteiger partial charge in [0.25, 0.3) is 0 Å². The van der Waals surface area contributed by atoms with Crippen LogP contribution in [0.3, 0.4) is 0 Å². The Kier molecular flexibility index (Phi) is 7.96. The Labute approximate surface area is 194 Å². The number of hydrogen-bond donors (Lipinski definition) is 2. The molecule has 0 saturated heterocycles. The Bertz CT molecular complexity index is 1040. The van der Waals surface area contributed by atoms with Crippen molar-refractivity contribution in [1.29, 1.82) is 0 Å². The second-order valence-corrected chi connectivity index (χ2v) is 8.46. The summed E-state index contributed by atoms with van der Waals surface area (Å²) in [7, 11) is 1.65. The Morgan fingerprint density at radius 1 is 1.00 bits per heavy atom. The monoisotopic (exact) mass is 447 g/mol. The number of ether oxygens (including phenoxy) is 1. The van der Waals surface area contributed by atoms with Crippen LogP contribution < -0.4 is 20.3 Å². The van der Waals surface area contributed by atoms with Crippen LogP contribution in [0.4, 0.5) is 21.9 Å². The number of pyridine rings is 2. The molecule has 0 bridgehead atoms. The molecule has 2 aromatic heterocycles. The van der Waals surface area contributed by atoms with Crippen molar-refractivity contribution in [2.45, 2.75) is 26.7 Å².